The van der Waals surface area contributed by atoms with Crippen LogP contribution in [0.25, 0.3) is 0 Å². The molecule has 1 spiro atoms. The highest BCUT2D eigenvalue weighted by atomic mass is 16.8. The number of carboxylic acid groups (broad SMARTS) is 1. The molecular weight excluding hydrogens is 616 g/mol. The summed E-state index contributed by atoms with van der Waals surface area (Å²) in [7, 11) is 0. The van der Waals surface area contributed by atoms with Crippen molar-refractivity contribution in [3.63, 3.8) is 0 Å². The molecule has 0 amide bonds. The van der Waals surface area contributed by atoms with Crippen LogP contribution in [0.1, 0.15) is 138 Å². The van der Waals surface area contributed by atoms with Crippen LogP contribution in [0.3, 0.4) is 0 Å². The third kappa shape index (κ3) is 5.54. The lowest BCUT2D eigenvalue weighted by Crippen LogP contribution is -2.60. The summed E-state index contributed by atoms with van der Waals surface area (Å²) >= 11 is 0. The predicted octanol–water partition coefficient (Wildman–Crippen LogP) is 8.46. The average molecular weight is 685 g/mol. The lowest BCUT2D eigenvalue weighted by Gasteiger charge is -2.62. The zero-order valence-corrected chi connectivity index (χ0v) is 31.5. The van der Waals surface area contributed by atoms with Gasteiger partial charge in [-0.1, -0.05) is 41.0 Å². The number of ether oxygens (including phenoxy) is 4. The van der Waals surface area contributed by atoms with Gasteiger partial charge in [0.05, 0.1) is 31.0 Å². The van der Waals surface area contributed by atoms with Crippen LogP contribution in [0.2, 0.25) is 0 Å². The second kappa shape index (κ2) is 12.7. The van der Waals surface area contributed by atoms with E-state index in [-0.39, 0.29) is 53.1 Å². The SMILES string of the molecule is C[C@H]1C(OCCO[C@@H]2CC[C@@]3(C)C(C2)C[C@H](O)C2C3CC[C@@]3(C)C2CC[C@@H]3[C@H](C)CCC(=O)O)OC2O[C@]3(C)CCC4[C@H](C)CCC1[C@@]24C3. The van der Waals surface area contributed by atoms with E-state index in [0.29, 0.717) is 66.5 Å². The predicted molar refractivity (Wildman–Crippen MR) is 187 cm³/mol. The molecule has 0 radical (unpaired) electrons. The summed E-state index contributed by atoms with van der Waals surface area (Å²) in [5.41, 5.74) is 0.605. The van der Waals surface area contributed by atoms with Gasteiger partial charge in [-0.05, 0) is 154 Å². The minimum absolute atomic E-state index is 0.0465. The molecule has 8 rings (SSSR count). The highest BCUT2D eigenvalue weighted by Gasteiger charge is 2.70. The largest absolute Gasteiger partial charge is 0.481 e. The maximum atomic E-state index is 11.8. The first-order valence-electron chi connectivity index (χ1n) is 20.8. The molecule has 2 saturated heterocycles. The van der Waals surface area contributed by atoms with Gasteiger partial charge in [-0.25, -0.2) is 0 Å². The van der Waals surface area contributed by atoms with Gasteiger partial charge in [0.2, 0.25) is 0 Å². The molecule has 8 fully saturated rings. The van der Waals surface area contributed by atoms with E-state index in [1.807, 2.05) is 0 Å². The summed E-state index contributed by atoms with van der Waals surface area (Å²) in [4.78, 5) is 11.3. The molecule has 0 aromatic rings. The Bertz CT molecular complexity index is 1240. The number of fused-ring (bicyclic) bond motifs is 6. The average Bonchev–Trinajstić information content (AvgIpc) is 3.52. The molecule has 278 valence electrons. The summed E-state index contributed by atoms with van der Waals surface area (Å²) in [6, 6.07) is 0. The van der Waals surface area contributed by atoms with Crippen molar-refractivity contribution in [1.29, 1.82) is 0 Å². The van der Waals surface area contributed by atoms with Gasteiger partial charge in [0.15, 0.2) is 12.6 Å². The van der Waals surface area contributed by atoms with Crippen LogP contribution >= 0.6 is 0 Å². The maximum Gasteiger partial charge on any atom is 0.303 e. The molecule has 8 unspecified atom stereocenters. The Balaban J connectivity index is 0.853. The van der Waals surface area contributed by atoms with Gasteiger partial charge < -0.3 is 29.2 Å². The van der Waals surface area contributed by atoms with Crippen molar-refractivity contribution in [3.05, 3.63) is 0 Å². The minimum atomic E-state index is -0.679. The number of carbonyl (C=O) groups is 1. The lowest BCUT2D eigenvalue weighted by atomic mass is 9.43. The van der Waals surface area contributed by atoms with E-state index in [4.69, 9.17) is 18.9 Å². The summed E-state index contributed by atoms with van der Waals surface area (Å²) in [5, 5.41) is 21.1. The molecule has 6 aliphatic carbocycles. The Morgan fingerprint density at radius 1 is 0.857 bits per heavy atom. The van der Waals surface area contributed by atoms with Crippen LogP contribution in [0.15, 0.2) is 0 Å². The van der Waals surface area contributed by atoms with Crippen LogP contribution in [0.4, 0.5) is 0 Å². The Morgan fingerprint density at radius 3 is 2.37 bits per heavy atom. The lowest BCUT2D eigenvalue weighted by molar-refractivity contribution is -0.342. The van der Waals surface area contributed by atoms with E-state index in [1.54, 1.807) is 0 Å². The molecule has 18 atom stereocenters. The van der Waals surface area contributed by atoms with Crippen LogP contribution in [0, 0.1) is 75.4 Å². The van der Waals surface area contributed by atoms with E-state index in [9.17, 15) is 15.0 Å². The number of hydrogen-bond acceptors (Lipinski definition) is 6. The molecule has 2 heterocycles. The highest BCUT2D eigenvalue weighted by Crippen LogP contribution is 2.70. The van der Waals surface area contributed by atoms with Crippen LogP contribution in [0.5, 0.6) is 0 Å². The molecule has 49 heavy (non-hydrogen) atoms. The van der Waals surface area contributed by atoms with Crippen LogP contribution in [-0.2, 0) is 23.7 Å². The van der Waals surface area contributed by atoms with Crippen molar-refractivity contribution in [1.82, 2.24) is 0 Å². The molecule has 8 aliphatic rings. The van der Waals surface area contributed by atoms with E-state index >= 15 is 0 Å². The highest BCUT2D eigenvalue weighted by molar-refractivity contribution is 5.66. The van der Waals surface area contributed by atoms with Gasteiger partial charge in [0.25, 0.3) is 0 Å². The number of rotatable bonds is 9. The van der Waals surface area contributed by atoms with Crippen molar-refractivity contribution >= 4 is 5.97 Å². The molecular formula is C42H68O7. The zero-order chi connectivity index (χ0) is 34.5. The molecule has 7 heteroatoms. The van der Waals surface area contributed by atoms with Gasteiger partial charge in [-0.15, -0.1) is 0 Å². The summed E-state index contributed by atoms with van der Waals surface area (Å²) in [5.74, 6) is 4.75. The van der Waals surface area contributed by atoms with Crippen molar-refractivity contribution in [3.8, 4) is 0 Å². The molecule has 7 nitrogen and oxygen atoms in total. The topological polar surface area (TPSA) is 94.5 Å². The smallest absolute Gasteiger partial charge is 0.303 e. The van der Waals surface area contributed by atoms with E-state index in [1.165, 1.54) is 51.4 Å². The monoisotopic (exact) mass is 684 g/mol. The van der Waals surface area contributed by atoms with Crippen molar-refractivity contribution in [2.45, 2.75) is 168 Å². The van der Waals surface area contributed by atoms with Crippen LogP contribution in [-0.4, -0.2) is 59.8 Å². The Labute approximate surface area is 296 Å². The number of aliphatic carboxylic acids is 1. The standard InChI is InChI=1S/C42H68O7/c1-24(8-12-35(44)45)29-10-11-32-36-33(15-18-41(29,32)6)40(5)17-13-28(21-27(40)22-34(36)43)46-19-20-47-37-26(3)31-9-7-25(2)30-14-16-39(4)23-42(30,31)38(48-37)49-39/h24-34,36-38,43H,7-23H2,1-6H3,(H,44,45)/t24-,25-,26-,27?,28-,29-,30?,31?,32?,33?,34+,36?,37?,38?,39-,40+,41-,42+/m1/s1. The second-order valence-electron chi connectivity index (χ2n) is 19.9. The third-order valence-electron chi connectivity index (χ3n) is 17.7. The first kappa shape index (κ1) is 35.3. The van der Waals surface area contributed by atoms with Crippen molar-refractivity contribution in [2.75, 3.05) is 13.2 Å². The Kier molecular flexibility index (Phi) is 9.15. The van der Waals surface area contributed by atoms with Gasteiger partial charge in [0.1, 0.15) is 0 Å². The van der Waals surface area contributed by atoms with Gasteiger partial charge in [-0.3, -0.25) is 4.79 Å². The fourth-order valence-electron chi connectivity index (χ4n) is 15.4. The van der Waals surface area contributed by atoms with Gasteiger partial charge in [-0.2, -0.15) is 0 Å². The number of carboxylic acids is 1. The van der Waals surface area contributed by atoms with Crippen molar-refractivity contribution < 1.29 is 34.0 Å². The number of aliphatic hydroxyl groups excluding tert-OH is 1. The van der Waals surface area contributed by atoms with Gasteiger partial charge in [0, 0.05) is 17.8 Å². The summed E-state index contributed by atoms with van der Waals surface area (Å²) < 4.78 is 26.6. The fraction of sp³-hybridized carbons (Fsp3) is 0.976. The molecule has 6 saturated carbocycles. The zero-order valence-electron chi connectivity index (χ0n) is 31.5. The molecule has 0 aromatic heterocycles. The van der Waals surface area contributed by atoms with Crippen molar-refractivity contribution in [2.24, 2.45) is 75.4 Å². The normalized spacial score (nSPS) is 55.1. The number of aliphatic hydroxyl groups is 1. The second-order valence-corrected chi connectivity index (χ2v) is 19.9. The molecule has 0 aromatic carbocycles. The van der Waals surface area contributed by atoms with Gasteiger partial charge >= 0.3 is 5.97 Å². The quantitative estimate of drug-likeness (QED) is 0.235. The Morgan fingerprint density at radius 2 is 1.57 bits per heavy atom. The van der Waals surface area contributed by atoms with E-state index < -0.39 is 5.97 Å². The number of hydrogen-bond donors (Lipinski definition) is 2. The van der Waals surface area contributed by atoms with Crippen LogP contribution < -0.4 is 0 Å². The first-order valence-corrected chi connectivity index (χ1v) is 20.8. The third-order valence-corrected chi connectivity index (χ3v) is 17.7. The molecule has 2 N–H and O–H groups in total. The first-order chi connectivity index (χ1) is 23.3. The fourth-order valence-corrected chi connectivity index (χ4v) is 15.4. The maximum absolute atomic E-state index is 11.8. The minimum Gasteiger partial charge on any atom is -0.481 e. The molecule has 2 aliphatic heterocycles. The summed E-state index contributed by atoms with van der Waals surface area (Å²) in [6.07, 6.45) is 15.9. The van der Waals surface area contributed by atoms with E-state index in [0.717, 1.165) is 44.4 Å². The summed E-state index contributed by atoms with van der Waals surface area (Å²) in [6.45, 7) is 15.6. The Hall–Kier alpha value is -0.730. The molecule has 2 bridgehead atoms. The van der Waals surface area contributed by atoms with E-state index in [2.05, 4.69) is 41.5 Å².